The third-order valence-corrected chi connectivity index (χ3v) is 7.51. The third kappa shape index (κ3) is 4.85. The zero-order valence-electron chi connectivity index (χ0n) is 18.2. The van der Waals surface area contributed by atoms with Crippen molar-refractivity contribution in [3.05, 3.63) is 54.1 Å². The van der Waals surface area contributed by atoms with Crippen LogP contribution in [0.25, 0.3) is 0 Å². The van der Waals surface area contributed by atoms with E-state index in [1.165, 1.54) is 24.6 Å². The molecule has 2 aromatic rings. The predicted octanol–water partition coefficient (Wildman–Crippen LogP) is 3.28. The van der Waals surface area contributed by atoms with E-state index in [1.807, 2.05) is 30.3 Å². The Kier molecular flexibility index (Phi) is 7.23. The molecule has 1 atom stereocenters. The molecule has 1 aliphatic heterocycles. The van der Waals surface area contributed by atoms with Crippen molar-refractivity contribution in [2.24, 2.45) is 5.41 Å². The average molecular weight is 448 g/mol. The Hall–Kier alpha value is -2.58. The van der Waals surface area contributed by atoms with Crippen LogP contribution in [0, 0.1) is 5.41 Å². The van der Waals surface area contributed by atoms with E-state index >= 15 is 0 Å². The highest BCUT2D eigenvalue weighted by atomic mass is 32.2. The standard InChI is InChI=1S/C23H29NO6S/c1-4-30-22(25)23(16-18-9-6-5-7-10-18)13-8-14-24(17-23)31(26,27)21-12-11-19(28-2)15-20(21)29-3/h5-7,9-12,15H,4,8,13-14,16-17H2,1-3H3/t23-/m1/s1. The molecule has 0 spiro atoms. The summed E-state index contributed by atoms with van der Waals surface area (Å²) in [6, 6.07) is 14.2. The van der Waals surface area contributed by atoms with Gasteiger partial charge in [0.25, 0.3) is 0 Å². The molecule has 0 radical (unpaired) electrons. The number of hydrogen-bond acceptors (Lipinski definition) is 6. The van der Waals surface area contributed by atoms with Crippen LogP contribution in [0.15, 0.2) is 53.4 Å². The molecule has 0 aromatic heterocycles. The normalized spacial score (nSPS) is 19.6. The van der Waals surface area contributed by atoms with Crippen LogP contribution in [0.3, 0.4) is 0 Å². The van der Waals surface area contributed by atoms with Crippen molar-refractivity contribution in [1.29, 1.82) is 0 Å². The number of hydrogen-bond donors (Lipinski definition) is 0. The van der Waals surface area contributed by atoms with E-state index in [0.717, 1.165) is 5.56 Å². The van der Waals surface area contributed by atoms with Crippen LogP contribution in [-0.4, -0.2) is 52.6 Å². The van der Waals surface area contributed by atoms with Crippen LogP contribution in [-0.2, 0) is 26.0 Å². The van der Waals surface area contributed by atoms with E-state index in [1.54, 1.807) is 19.1 Å². The summed E-state index contributed by atoms with van der Waals surface area (Å²) in [7, 11) is -0.973. The minimum absolute atomic E-state index is 0.0511. The number of methoxy groups -OCH3 is 2. The van der Waals surface area contributed by atoms with Crippen molar-refractivity contribution in [2.75, 3.05) is 33.9 Å². The number of carbonyl (C=O) groups excluding carboxylic acids is 1. The Morgan fingerprint density at radius 2 is 1.84 bits per heavy atom. The second-order valence-electron chi connectivity index (χ2n) is 7.62. The maximum absolute atomic E-state index is 13.5. The number of sulfonamides is 1. The summed E-state index contributed by atoms with van der Waals surface area (Å²) < 4.78 is 44.4. The largest absolute Gasteiger partial charge is 0.497 e. The van der Waals surface area contributed by atoms with E-state index in [4.69, 9.17) is 14.2 Å². The molecule has 1 aliphatic rings. The van der Waals surface area contributed by atoms with E-state index in [-0.39, 0.29) is 29.8 Å². The molecule has 3 rings (SSSR count). The fourth-order valence-corrected chi connectivity index (χ4v) is 5.78. The molecule has 1 saturated heterocycles. The van der Waals surface area contributed by atoms with Gasteiger partial charge in [0, 0.05) is 19.2 Å². The summed E-state index contributed by atoms with van der Waals surface area (Å²) in [6.07, 6.45) is 1.54. The predicted molar refractivity (Wildman–Crippen MR) is 117 cm³/mol. The highest BCUT2D eigenvalue weighted by Gasteiger charge is 2.47. The molecule has 31 heavy (non-hydrogen) atoms. The molecule has 2 aromatic carbocycles. The molecular formula is C23H29NO6S. The summed E-state index contributed by atoms with van der Waals surface area (Å²) in [6.45, 7) is 2.38. The van der Waals surface area contributed by atoms with Gasteiger partial charge in [-0.2, -0.15) is 4.31 Å². The first kappa shape index (κ1) is 23.1. The lowest BCUT2D eigenvalue weighted by Crippen LogP contribution is -2.51. The minimum Gasteiger partial charge on any atom is -0.497 e. The average Bonchev–Trinajstić information content (AvgIpc) is 2.79. The quantitative estimate of drug-likeness (QED) is 0.578. The van der Waals surface area contributed by atoms with Gasteiger partial charge in [0.15, 0.2) is 0 Å². The van der Waals surface area contributed by atoms with Gasteiger partial charge in [-0.25, -0.2) is 8.42 Å². The number of benzene rings is 2. The molecule has 0 aliphatic carbocycles. The van der Waals surface area contributed by atoms with Gasteiger partial charge < -0.3 is 14.2 Å². The fraction of sp³-hybridized carbons (Fsp3) is 0.435. The molecule has 0 bridgehead atoms. The monoisotopic (exact) mass is 447 g/mol. The summed E-state index contributed by atoms with van der Waals surface area (Å²) >= 11 is 0. The Morgan fingerprint density at radius 1 is 1.10 bits per heavy atom. The van der Waals surface area contributed by atoms with Crippen molar-refractivity contribution in [3.8, 4) is 11.5 Å². The minimum atomic E-state index is -3.90. The second-order valence-corrected chi connectivity index (χ2v) is 9.53. The zero-order valence-corrected chi connectivity index (χ0v) is 19.0. The van der Waals surface area contributed by atoms with E-state index < -0.39 is 15.4 Å². The number of piperidine rings is 1. The molecule has 8 heteroatoms. The number of nitrogens with zero attached hydrogens (tertiary/aromatic N) is 1. The summed E-state index contributed by atoms with van der Waals surface area (Å²) in [5.74, 6) is 0.342. The highest BCUT2D eigenvalue weighted by Crippen LogP contribution is 2.39. The molecule has 0 N–H and O–H groups in total. The van der Waals surface area contributed by atoms with Crippen LogP contribution in [0.5, 0.6) is 11.5 Å². The van der Waals surface area contributed by atoms with Gasteiger partial charge in [0.2, 0.25) is 10.0 Å². The summed E-state index contributed by atoms with van der Waals surface area (Å²) in [5, 5.41) is 0. The molecular weight excluding hydrogens is 418 g/mol. The lowest BCUT2D eigenvalue weighted by Gasteiger charge is -2.40. The number of ether oxygens (including phenoxy) is 3. The molecule has 7 nitrogen and oxygen atoms in total. The van der Waals surface area contributed by atoms with E-state index in [2.05, 4.69) is 0 Å². The van der Waals surface area contributed by atoms with Gasteiger partial charge in [-0.05, 0) is 43.9 Å². The number of rotatable bonds is 8. The SMILES string of the molecule is CCOC(=O)[C@@]1(Cc2ccccc2)CCCN(S(=O)(=O)c2ccc(OC)cc2OC)C1. The van der Waals surface area contributed by atoms with E-state index in [0.29, 0.717) is 31.6 Å². The molecule has 0 amide bonds. The molecule has 0 unspecified atom stereocenters. The van der Waals surface area contributed by atoms with Crippen LogP contribution < -0.4 is 9.47 Å². The van der Waals surface area contributed by atoms with Gasteiger partial charge in [-0.1, -0.05) is 30.3 Å². The third-order valence-electron chi connectivity index (χ3n) is 5.62. The Balaban J connectivity index is 1.97. The lowest BCUT2D eigenvalue weighted by molar-refractivity contribution is -0.157. The van der Waals surface area contributed by atoms with Gasteiger partial charge in [0.05, 0.1) is 26.2 Å². The second kappa shape index (κ2) is 9.70. The first-order chi connectivity index (χ1) is 14.9. The van der Waals surface area contributed by atoms with Crippen molar-refractivity contribution >= 4 is 16.0 Å². The first-order valence-corrected chi connectivity index (χ1v) is 11.7. The fourth-order valence-electron chi connectivity index (χ4n) is 4.08. The Bertz CT molecular complexity index is 1010. The van der Waals surface area contributed by atoms with Crippen molar-refractivity contribution in [3.63, 3.8) is 0 Å². The van der Waals surface area contributed by atoms with Crippen LogP contribution in [0.1, 0.15) is 25.3 Å². The van der Waals surface area contributed by atoms with Gasteiger partial charge in [0.1, 0.15) is 16.4 Å². The van der Waals surface area contributed by atoms with Crippen LogP contribution in [0.4, 0.5) is 0 Å². The number of carbonyl (C=O) groups is 1. The zero-order chi connectivity index (χ0) is 22.5. The van der Waals surface area contributed by atoms with Crippen LogP contribution in [0.2, 0.25) is 0 Å². The van der Waals surface area contributed by atoms with Crippen LogP contribution >= 0.6 is 0 Å². The first-order valence-electron chi connectivity index (χ1n) is 10.3. The maximum atomic E-state index is 13.5. The lowest BCUT2D eigenvalue weighted by atomic mass is 9.75. The van der Waals surface area contributed by atoms with Crippen molar-refractivity contribution in [1.82, 2.24) is 4.31 Å². The van der Waals surface area contributed by atoms with Crippen molar-refractivity contribution in [2.45, 2.75) is 31.1 Å². The Labute approximate surface area is 184 Å². The Morgan fingerprint density at radius 3 is 2.48 bits per heavy atom. The summed E-state index contributed by atoms with van der Waals surface area (Å²) in [4.78, 5) is 13.1. The molecule has 168 valence electrons. The molecule has 1 fully saturated rings. The van der Waals surface area contributed by atoms with Gasteiger partial charge in [-0.15, -0.1) is 0 Å². The maximum Gasteiger partial charge on any atom is 0.313 e. The van der Waals surface area contributed by atoms with Crippen molar-refractivity contribution < 1.29 is 27.4 Å². The van der Waals surface area contributed by atoms with Gasteiger partial charge >= 0.3 is 5.97 Å². The van der Waals surface area contributed by atoms with Gasteiger partial charge in [-0.3, -0.25) is 4.79 Å². The molecule has 0 saturated carbocycles. The summed E-state index contributed by atoms with van der Waals surface area (Å²) in [5.41, 5.74) is 0.0272. The smallest absolute Gasteiger partial charge is 0.313 e. The topological polar surface area (TPSA) is 82.1 Å². The molecule has 1 heterocycles. The number of esters is 1. The highest BCUT2D eigenvalue weighted by molar-refractivity contribution is 7.89. The van der Waals surface area contributed by atoms with E-state index in [9.17, 15) is 13.2 Å².